The molecule has 0 N–H and O–H groups in total. The van der Waals surface area contributed by atoms with E-state index in [0.717, 1.165) is 22.4 Å². The number of aryl methyl sites for hydroxylation is 1. The summed E-state index contributed by atoms with van der Waals surface area (Å²) in [4.78, 5) is 0. The van der Waals surface area contributed by atoms with Gasteiger partial charge in [-0.05, 0) is 34.0 Å². The zero-order chi connectivity index (χ0) is 9.84. The highest BCUT2D eigenvalue weighted by atomic mass is 79.9. The van der Waals surface area contributed by atoms with Gasteiger partial charge >= 0.3 is 0 Å². The number of methoxy groups -OCH3 is 2. The van der Waals surface area contributed by atoms with Crippen molar-refractivity contribution in [2.75, 3.05) is 14.2 Å². The van der Waals surface area contributed by atoms with Gasteiger partial charge in [-0.1, -0.05) is 6.92 Å². The third-order valence-corrected chi connectivity index (χ3v) is 2.82. The van der Waals surface area contributed by atoms with Gasteiger partial charge in [0.05, 0.1) is 18.7 Å². The van der Waals surface area contributed by atoms with Crippen LogP contribution in [0.2, 0.25) is 0 Å². The smallest absolute Gasteiger partial charge is 0.137 e. The lowest BCUT2D eigenvalue weighted by molar-refractivity contribution is 0.391. The number of halogens is 1. The summed E-state index contributed by atoms with van der Waals surface area (Å²) in [6, 6.07) is 3.87. The van der Waals surface area contributed by atoms with Crippen LogP contribution in [0.15, 0.2) is 16.6 Å². The molecular weight excluding hydrogens is 232 g/mol. The van der Waals surface area contributed by atoms with E-state index in [-0.39, 0.29) is 0 Å². The van der Waals surface area contributed by atoms with Gasteiger partial charge in [-0.15, -0.1) is 0 Å². The molecule has 0 bridgehead atoms. The Hall–Kier alpha value is -0.700. The van der Waals surface area contributed by atoms with E-state index in [9.17, 15) is 0 Å². The molecule has 1 aromatic rings. The van der Waals surface area contributed by atoms with E-state index >= 15 is 0 Å². The third-order valence-electron chi connectivity index (χ3n) is 1.92. The summed E-state index contributed by atoms with van der Waals surface area (Å²) in [5, 5.41) is 0. The first-order chi connectivity index (χ1) is 6.22. The highest BCUT2D eigenvalue weighted by Gasteiger charge is 2.07. The van der Waals surface area contributed by atoms with Crippen LogP contribution in [-0.4, -0.2) is 14.2 Å². The molecule has 0 saturated carbocycles. The molecule has 3 heteroatoms. The van der Waals surface area contributed by atoms with Crippen LogP contribution in [0.5, 0.6) is 11.5 Å². The fourth-order valence-corrected chi connectivity index (χ4v) is 1.82. The van der Waals surface area contributed by atoms with Crippen molar-refractivity contribution >= 4 is 15.9 Å². The molecule has 0 aliphatic carbocycles. The second-order valence-electron chi connectivity index (χ2n) is 2.66. The van der Waals surface area contributed by atoms with Gasteiger partial charge in [0.25, 0.3) is 0 Å². The Balaban J connectivity index is 3.20. The standard InChI is InChI=1S/C10H13BrO2/c1-4-7-5-8(12-2)6-9(13-3)10(7)11/h5-6H,4H2,1-3H3. The molecule has 1 aromatic carbocycles. The molecule has 0 amide bonds. The molecule has 0 aliphatic heterocycles. The van der Waals surface area contributed by atoms with Crippen molar-refractivity contribution in [2.24, 2.45) is 0 Å². The predicted molar refractivity (Wildman–Crippen MR) is 56.6 cm³/mol. The molecule has 0 saturated heterocycles. The van der Waals surface area contributed by atoms with Crippen LogP contribution in [0, 0.1) is 0 Å². The molecule has 0 heterocycles. The van der Waals surface area contributed by atoms with Gasteiger partial charge in [0.15, 0.2) is 0 Å². The molecule has 72 valence electrons. The van der Waals surface area contributed by atoms with E-state index < -0.39 is 0 Å². The fraction of sp³-hybridized carbons (Fsp3) is 0.400. The number of ether oxygens (including phenoxy) is 2. The largest absolute Gasteiger partial charge is 0.497 e. The normalized spacial score (nSPS) is 9.85. The summed E-state index contributed by atoms with van der Waals surface area (Å²) in [5.41, 5.74) is 1.19. The van der Waals surface area contributed by atoms with Crippen molar-refractivity contribution in [3.05, 3.63) is 22.2 Å². The number of hydrogen-bond donors (Lipinski definition) is 0. The van der Waals surface area contributed by atoms with Gasteiger partial charge in [0, 0.05) is 6.07 Å². The minimum atomic E-state index is 0.816. The predicted octanol–water partition coefficient (Wildman–Crippen LogP) is 3.03. The SMILES string of the molecule is CCc1cc(OC)cc(OC)c1Br. The first-order valence-electron chi connectivity index (χ1n) is 4.13. The summed E-state index contributed by atoms with van der Waals surface area (Å²) in [5.74, 6) is 1.65. The second kappa shape index (κ2) is 4.51. The number of benzene rings is 1. The van der Waals surface area contributed by atoms with Crippen molar-refractivity contribution in [2.45, 2.75) is 13.3 Å². The highest BCUT2D eigenvalue weighted by Crippen LogP contribution is 2.33. The molecule has 2 nitrogen and oxygen atoms in total. The molecule has 0 aromatic heterocycles. The Morgan fingerprint density at radius 1 is 1.23 bits per heavy atom. The van der Waals surface area contributed by atoms with Crippen molar-refractivity contribution in [1.82, 2.24) is 0 Å². The van der Waals surface area contributed by atoms with Crippen LogP contribution in [0.4, 0.5) is 0 Å². The molecule has 0 aliphatic rings. The van der Waals surface area contributed by atoms with Gasteiger partial charge in [-0.25, -0.2) is 0 Å². The van der Waals surface area contributed by atoms with Crippen LogP contribution >= 0.6 is 15.9 Å². The summed E-state index contributed by atoms with van der Waals surface area (Å²) < 4.78 is 11.4. The molecular formula is C10H13BrO2. The van der Waals surface area contributed by atoms with Crippen LogP contribution < -0.4 is 9.47 Å². The Morgan fingerprint density at radius 2 is 1.92 bits per heavy atom. The lowest BCUT2D eigenvalue weighted by atomic mass is 10.1. The van der Waals surface area contributed by atoms with Gasteiger partial charge in [-0.2, -0.15) is 0 Å². The lowest BCUT2D eigenvalue weighted by Gasteiger charge is -2.10. The maximum absolute atomic E-state index is 5.20. The van der Waals surface area contributed by atoms with Crippen LogP contribution in [0.3, 0.4) is 0 Å². The number of hydrogen-bond acceptors (Lipinski definition) is 2. The topological polar surface area (TPSA) is 18.5 Å². The van der Waals surface area contributed by atoms with E-state index in [1.165, 1.54) is 5.56 Å². The Kier molecular flexibility index (Phi) is 3.60. The maximum atomic E-state index is 5.20. The maximum Gasteiger partial charge on any atom is 0.137 e. The first-order valence-corrected chi connectivity index (χ1v) is 4.92. The minimum absolute atomic E-state index is 0.816. The minimum Gasteiger partial charge on any atom is -0.497 e. The van der Waals surface area contributed by atoms with Gasteiger partial charge < -0.3 is 9.47 Å². The zero-order valence-corrected chi connectivity index (χ0v) is 9.64. The average molecular weight is 245 g/mol. The molecule has 0 radical (unpaired) electrons. The van der Waals surface area contributed by atoms with Crippen LogP contribution in [-0.2, 0) is 6.42 Å². The molecule has 0 unspecified atom stereocenters. The summed E-state index contributed by atoms with van der Waals surface area (Å²) in [7, 11) is 3.31. The van der Waals surface area contributed by atoms with Crippen molar-refractivity contribution in [1.29, 1.82) is 0 Å². The zero-order valence-electron chi connectivity index (χ0n) is 8.06. The van der Waals surface area contributed by atoms with E-state index in [2.05, 4.69) is 22.9 Å². The Bertz CT molecular complexity index is 272. The molecule has 0 fully saturated rings. The van der Waals surface area contributed by atoms with Gasteiger partial charge in [0.2, 0.25) is 0 Å². The molecule has 0 spiro atoms. The van der Waals surface area contributed by atoms with Crippen LogP contribution in [0.1, 0.15) is 12.5 Å². The number of rotatable bonds is 3. The summed E-state index contributed by atoms with van der Waals surface area (Å²) >= 11 is 3.48. The monoisotopic (exact) mass is 244 g/mol. The second-order valence-corrected chi connectivity index (χ2v) is 3.45. The Morgan fingerprint density at radius 3 is 2.38 bits per heavy atom. The van der Waals surface area contributed by atoms with Gasteiger partial charge in [-0.3, -0.25) is 0 Å². The highest BCUT2D eigenvalue weighted by molar-refractivity contribution is 9.10. The Labute approximate surface area is 87.0 Å². The van der Waals surface area contributed by atoms with E-state index in [0.29, 0.717) is 0 Å². The van der Waals surface area contributed by atoms with Crippen LogP contribution in [0.25, 0.3) is 0 Å². The molecule has 13 heavy (non-hydrogen) atoms. The third kappa shape index (κ3) is 2.15. The molecule has 1 rings (SSSR count). The summed E-state index contributed by atoms with van der Waals surface area (Å²) in [6.07, 6.45) is 0.953. The lowest BCUT2D eigenvalue weighted by Crippen LogP contribution is -1.92. The average Bonchev–Trinajstić information content (AvgIpc) is 2.18. The van der Waals surface area contributed by atoms with Crippen molar-refractivity contribution in [3.8, 4) is 11.5 Å². The molecule has 0 atom stereocenters. The van der Waals surface area contributed by atoms with Crippen molar-refractivity contribution < 1.29 is 9.47 Å². The van der Waals surface area contributed by atoms with E-state index in [1.54, 1.807) is 14.2 Å². The van der Waals surface area contributed by atoms with E-state index in [4.69, 9.17) is 9.47 Å². The quantitative estimate of drug-likeness (QED) is 0.814. The fourth-order valence-electron chi connectivity index (χ4n) is 1.15. The van der Waals surface area contributed by atoms with Crippen molar-refractivity contribution in [3.63, 3.8) is 0 Å². The van der Waals surface area contributed by atoms with E-state index in [1.807, 2.05) is 12.1 Å². The summed E-state index contributed by atoms with van der Waals surface area (Å²) in [6.45, 7) is 2.10. The van der Waals surface area contributed by atoms with Gasteiger partial charge in [0.1, 0.15) is 11.5 Å². The first kappa shape index (κ1) is 10.4.